The summed E-state index contributed by atoms with van der Waals surface area (Å²) >= 11 is 1.15. The number of nitrogens with zero attached hydrogens (tertiary/aromatic N) is 5. The van der Waals surface area contributed by atoms with Crippen LogP contribution in [0.25, 0.3) is 17.1 Å². The fraction of sp³-hybridized carbons (Fsp3) is 0.0435. The Morgan fingerprint density at radius 1 is 1.09 bits per heavy atom. The van der Waals surface area contributed by atoms with Gasteiger partial charge in [-0.1, -0.05) is 54.2 Å². The molecule has 4 rings (SSSR count). The van der Waals surface area contributed by atoms with E-state index in [0.29, 0.717) is 22.1 Å². The molecule has 0 aliphatic heterocycles. The van der Waals surface area contributed by atoms with E-state index in [9.17, 15) is 20.0 Å². The number of aromatic nitrogens is 3. The number of carbonyl (C=O) groups excluding carboxylic acids is 1. The zero-order valence-electron chi connectivity index (χ0n) is 17.6. The third-order valence-corrected chi connectivity index (χ3v) is 5.50. The van der Waals surface area contributed by atoms with Gasteiger partial charge >= 0.3 is 0 Å². The lowest BCUT2D eigenvalue weighted by molar-refractivity contribution is -0.384. The van der Waals surface area contributed by atoms with Crippen molar-refractivity contribution in [3.63, 3.8) is 0 Å². The number of non-ortho nitro benzene ring substituents is 1. The number of carbonyl (C=O) groups is 1. The highest BCUT2D eigenvalue weighted by Gasteiger charge is 2.19. The highest BCUT2D eigenvalue weighted by Crippen LogP contribution is 2.29. The van der Waals surface area contributed by atoms with Crippen molar-refractivity contribution in [2.75, 3.05) is 5.75 Å². The van der Waals surface area contributed by atoms with E-state index >= 15 is 0 Å². The number of hydrogen-bond acceptors (Lipinski definition) is 8. The third-order valence-electron chi connectivity index (χ3n) is 4.57. The summed E-state index contributed by atoms with van der Waals surface area (Å²) in [6.45, 7) is 0. The van der Waals surface area contributed by atoms with Gasteiger partial charge in [0, 0.05) is 23.4 Å². The van der Waals surface area contributed by atoms with E-state index in [4.69, 9.17) is 0 Å². The molecule has 0 atom stereocenters. The second-order valence-electron chi connectivity index (χ2n) is 6.96. The van der Waals surface area contributed by atoms with Crippen LogP contribution in [-0.2, 0) is 4.79 Å². The molecule has 0 aliphatic rings. The minimum atomic E-state index is -0.468. The molecule has 0 saturated heterocycles. The van der Waals surface area contributed by atoms with Gasteiger partial charge in [0.1, 0.15) is 5.75 Å². The van der Waals surface area contributed by atoms with Crippen LogP contribution in [0.2, 0.25) is 0 Å². The Balaban J connectivity index is 1.53. The van der Waals surface area contributed by atoms with Gasteiger partial charge in [0.05, 0.1) is 16.9 Å². The van der Waals surface area contributed by atoms with Crippen molar-refractivity contribution < 1.29 is 14.8 Å². The van der Waals surface area contributed by atoms with E-state index in [2.05, 4.69) is 20.7 Å². The van der Waals surface area contributed by atoms with Gasteiger partial charge in [0.2, 0.25) is 0 Å². The Bertz CT molecular complexity index is 1360. The minimum absolute atomic E-state index is 0.0112. The molecule has 0 aliphatic carbocycles. The number of nitrogens with one attached hydrogen (secondary N) is 1. The molecule has 4 aromatic rings. The molecular formula is C23H18N6O4S. The van der Waals surface area contributed by atoms with E-state index in [1.807, 2.05) is 30.3 Å². The molecule has 0 bridgehead atoms. The van der Waals surface area contributed by atoms with Crippen LogP contribution >= 0.6 is 11.8 Å². The minimum Gasteiger partial charge on any atom is -0.508 e. The van der Waals surface area contributed by atoms with E-state index < -0.39 is 4.92 Å². The van der Waals surface area contributed by atoms with Crippen molar-refractivity contribution in [3.05, 3.63) is 94.5 Å². The molecule has 0 saturated carbocycles. The summed E-state index contributed by atoms with van der Waals surface area (Å²) < 4.78 is 1.74. The lowest BCUT2D eigenvalue weighted by atomic mass is 10.2. The molecule has 170 valence electrons. The summed E-state index contributed by atoms with van der Waals surface area (Å²) in [5.74, 6) is 0.170. The van der Waals surface area contributed by atoms with E-state index in [0.717, 1.165) is 17.4 Å². The first-order valence-electron chi connectivity index (χ1n) is 10.0. The number of para-hydroxylation sites is 1. The SMILES string of the molecule is O=C(CSc1nnc(-c2cccc([N+](=O)[O-])c2)n1-c1ccccc1)NN=Cc1cccc(O)c1. The number of nitro groups is 1. The highest BCUT2D eigenvalue weighted by atomic mass is 32.2. The van der Waals surface area contributed by atoms with Crippen LogP contribution < -0.4 is 5.43 Å². The normalized spacial score (nSPS) is 10.9. The van der Waals surface area contributed by atoms with Gasteiger partial charge < -0.3 is 5.11 Å². The van der Waals surface area contributed by atoms with Gasteiger partial charge in [-0.3, -0.25) is 19.5 Å². The van der Waals surface area contributed by atoms with Crippen LogP contribution in [0.5, 0.6) is 5.75 Å². The first-order chi connectivity index (χ1) is 16.5. The molecule has 0 unspecified atom stereocenters. The van der Waals surface area contributed by atoms with Crippen molar-refractivity contribution in [2.24, 2.45) is 5.10 Å². The summed E-state index contributed by atoms with van der Waals surface area (Å²) in [6.07, 6.45) is 1.43. The highest BCUT2D eigenvalue weighted by molar-refractivity contribution is 7.99. The van der Waals surface area contributed by atoms with Crippen molar-refractivity contribution >= 4 is 29.6 Å². The topological polar surface area (TPSA) is 136 Å². The number of rotatable bonds is 8. The summed E-state index contributed by atoms with van der Waals surface area (Å²) in [4.78, 5) is 23.0. The number of aromatic hydroxyl groups is 1. The Hall–Kier alpha value is -4.51. The van der Waals surface area contributed by atoms with E-state index in [1.54, 1.807) is 28.8 Å². The number of phenolic OH excluding ortho intramolecular Hbond substituents is 1. The predicted molar refractivity (Wildman–Crippen MR) is 128 cm³/mol. The van der Waals surface area contributed by atoms with Gasteiger partial charge in [-0.15, -0.1) is 10.2 Å². The maximum Gasteiger partial charge on any atom is 0.270 e. The molecule has 1 aromatic heterocycles. The largest absolute Gasteiger partial charge is 0.508 e. The zero-order valence-corrected chi connectivity index (χ0v) is 18.4. The maximum absolute atomic E-state index is 12.3. The Kier molecular flexibility index (Phi) is 6.94. The van der Waals surface area contributed by atoms with Crippen LogP contribution in [0.1, 0.15) is 5.56 Å². The van der Waals surface area contributed by atoms with Crippen LogP contribution in [-0.4, -0.2) is 42.7 Å². The molecule has 0 spiro atoms. The van der Waals surface area contributed by atoms with E-state index in [1.165, 1.54) is 30.5 Å². The van der Waals surface area contributed by atoms with Gasteiger partial charge in [0.15, 0.2) is 11.0 Å². The Morgan fingerprint density at radius 2 is 1.88 bits per heavy atom. The number of phenols is 1. The smallest absolute Gasteiger partial charge is 0.270 e. The number of hydrazone groups is 1. The van der Waals surface area contributed by atoms with E-state index in [-0.39, 0.29) is 23.1 Å². The second-order valence-corrected chi connectivity index (χ2v) is 7.90. The number of thioether (sulfide) groups is 1. The predicted octanol–water partition coefficient (Wildman–Crippen LogP) is 3.79. The quantitative estimate of drug-likeness (QED) is 0.172. The first kappa shape index (κ1) is 22.7. The molecule has 11 heteroatoms. The third kappa shape index (κ3) is 5.45. The molecule has 3 aromatic carbocycles. The van der Waals surface area contributed by atoms with Crippen LogP contribution in [0.3, 0.4) is 0 Å². The number of nitro benzene ring substituents is 1. The van der Waals surface area contributed by atoms with Crippen LogP contribution in [0, 0.1) is 10.1 Å². The lowest BCUT2D eigenvalue weighted by Gasteiger charge is -2.10. The molecule has 0 fully saturated rings. The summed E-state index contributed by atoms with van der Waals surface area (Å²) in [6, 6.07) is 21.9. The second kappa shape index (κ2) is 10.4. The Morgan fingerprint density at radius 3 is 2.65 bits per heavy atom. The van der Waals surface area contributed by atoms with Crippen molar-refractivity contribution in [1.29, 1.82) is 0 Å². The Labute approximate surface area is 198 Å². The number of amides is 1. The molecule has 10 nitrogen and oxygen atoms in total. The maximum atomic E-state index is 12.3. The average molecular weight is 475 g/mol. The van der Waals surface area contributed by atoms with Gasteiger partial charge in [-0.05, 0) is 29.8 Å². The summed E-state index contributed by atoms with van der Waals surface area (Å²) in [7, 11) is 0. The van der Waals surface area contributed by atoms with Gasteiger partial charge in [-0.2, -0.15) is 5.10 Å². The molecule has 1 heterocycles. The lowest BCUT2D eigenvalue weighted by Crippen LogP contribution is -2.20. The van der Waals surface area contributed by atoms with Crippen molar-refractivity contribution in [1.82, 2.24) is 20.2 Å². The molecule has 34 heavy (non-hydrogen) atoms. The standard InChI is InChI=1S/C23H18N6O4S/c30-20-11-4-6-16(12-20)14-24-25-21(31)15-34-23-27-26-22(28(23)18-8-2-1-3-9-18)17-7-5-10-19(13-17)29(32)33/h1-14,30H,15H2,(H,25,31). The fourth-order valence-corrected chi connectivity index (χ4v) is 3.81. The summed E-state index contributed by atoms with van der Waals surface area (Å²) in [5, 5.41) is 33.5. The molecule has 2 N–H and O–H groups in total. The molecule has 0 radical (unpaired) electrons. The van der Waals surface area contributed by atoms with Crippen LogP contribution in [0.15, 0.2) is 89.1 Å². The molecule has 1 amide bonds. The monoisotopic (exact) mass is 474 g/mol. The number of benzene rings is 3. The van der Waals surface area contributed by atoms with Crippen molar-refractivity contribution in [2.45, 2.75) is 5.16 Å². The average Bonchev–Trinajstić information content (AvgIpc) is 3.27. The summed E-state index contributed by atoms with van der Waals surface area (Å²) in [5.41, 5.74) is 4.29. The first-order valence-corrected chi connectivity index (χ1v) is 11.0. The fourth-order valence-electron chi connectivity index (χ4n) is 3.07. The van der Waals surface area contributed by atoms with Gasteiger partial charge in [0.25, 0.3) is 11.6 Å². The number of hydrogen-bond donors (Lipinski definition) is 2. The molecular weight excluding hydrogens is 456 g/mol. The van der Waals surface area contributed by atoms with Crippen molar-refractivity contribution in [3.8, 4) is 22.8 Å². The van der Waals surface area contributed by atoms with Crippen LogP contribution in [0.4, 0.5) is 5.69 Å². The zero-order chi connectivity index (χ0) is 23.9. The van der Waals surface area contributed by atoms with Gasteiger partial charge in [-0.25, -0.2) is 5.43 Å².